The molecule has 0 spiro atoms. The third-order valence-electron chi connectivity index (χ3n) is 5.18. The first kappa shape index (κ1) is 13.6. The van der Waals surface area contributed by atoms with Crippen molar-refractivity contribution in [1.82, 2.24) is 19.5 Å². The van der Waals surface area contributed by atoms with Crippen LogP contribution in [0.1, 0.15) is 39.9 Å². The van der Waals surface area contributed by atoms with Crippen molar-refractivity contribution >= 4 is 5.78 Å². The number of aryl methyl sites for hydroxylation is 2. The molecule has 5 nitrogen and oxygen atoms in total. The summed E-state index contributed by atoms with van der Waals surface area (Å²) in [5, 5.41) is 0. The summed E-state index contributed by atoms with van der Waals surface area (Å²) in [7, 11) is 0. The molecule has 2 atom stereocenters. The quantitative estimate of drug-likeness (QED) is 0.692. The van der Waals surface area contributed by atoms with Gasteiger partial charge in [-0.1, -0.05) is 24.3 Å². The molecule has 1 aliphatic heterocycles. The Morgan fingerprint density at radius 2 is 2.04 bits per heavy atom. The number of carbonyl (C=O) groups is 1. The predicted octanol–water partition coefficient (Wildman–Crippen LogP) is 3.00. The third-order valence-corrected chi connectivity index (χ3v) is 5.18. The Morgan fingerprint density at radius 1 is 1.17 bits per heavy atom. The van der Waals surface area contributed by atoms with Gasteiger partial charge in [-0.3, -0.25) is 4.79 Å². The number of benzene rings is 1. The van der Waals surface area contributed by atoms with Crippen molar-refractivity contribution in [2.24, 2.45) is 5.92 Å². The molecular weight excluding hydrogens is 300 g/mol. The van der Waals surface area contributed by atoms with Crippen molar-refractivity contribution < 1.29 is 4.79 Å². The van der Waals surface area contributed by atoms with Crippen LogP contribution in [0, 0.1) is 12.8 Å². The van der Waals surface area contributed by atoms with Gasteiger partial charge < -0.3 is 4.57 Å². The van der Waals surface area contributed by atoms with Crippen molar-refractivity contribution in [1.29, 1.82) is 0 Å². The number of rotatable bonds is 1. The molecule has 118 valence electrons. The highest BCUT2D eigenvalue weighted by Gasteiger charge is 2.40. The van der Waals surface area contributed by atoms with Crippen LogP contribution in [-0.2, 0) is 6.42 Å². The molecule has 2 aliphatic rings. The van der Waals surface area contributed by atoms with E-state index < -0.39 is 0 Å². The van der Waals surface area contributed by atoms with Gasteiger partial charge >= 0.3 is 0 Å². The molecule has 2 aromatic heterocycles. The number of hydrogen-bond acceptors (Lipinski definition) is 4. The molecule has 24 heavy (non-hydrogen) atoms. The lowest BCUT2D eigenvalue weighted by Gasteiger charge is -2.29. The van der Waals surface area contributed by atoms with Crippen LogP contribution in [-0.4, -0.2) is 25.3 Å². The number of imidazole rings is 1. The monoisotopic (exact) mass is 316 g/mol. The molecule has 1 aromatic carbocycles. The smallest absolute Gasteiger partial charge is 0.171 e. The summed E-state index contributed by atoms with van der Waals surface area (Å²) >= 11 is 0. The van der Waals surface area contributed by atoms with Crippen LogP contribution < -0.4 is 0 Å². The Kier molecular flexibility index (Phi) is 2.74. The van der Waals surface area contributed by atoms with Crippen molar-refractivity contribution in [3.63, 3.8) is 0 Å². The highest BCUT2D eigenvalue weighted by atomic mass is 16.1. The van der Waals surface area contributed by atoms with Gasteiger partial charge in [0.05, 0.1) is 35.5 Å². The number of ketones is 1. The molecule has 3 aromatic rings. The van der Waals surface area contributed by atoms with E-state index in [0.717, 1.165) is 30.1 Å². The second-order valence-corrected chi connectivity index (χ2v) is 6.51. The Labute approximate surface area is 139 Å². The largest absolute Gasteiger partial charge is 0.322 e. The number of carbonyl (C=O) groups excluding carboxylic acids is 1. The molecule has 1 aliphatic carbocycles. The van der Waals surface area contributed by atoms with E-state index in [-0.39, 0.29) is 17.7 Å². The Balaban J connectivity index is 1.63. The molecule has 0 saturated carbocycles. The van der Waals surface area contributed by atoms with Gasteiger partial charge in [0.2, 0.25) is 0 Å². The summed E-state index contributed by atoms with van der Waals surface area (Å²) in [6.07, 6.45) is 7.04. The maximum Gasteiger partial charge on any atom is 0.171 e. The lowest BCUT2D eigenvalue weighted by atomic mass is 9.79. The summed E-state index contributed by atoms with van der Waals surface area (Å²) in [5.41, 5.74) is 5.06. The topological polar surface area (TPSA) is 60.7 Å². The van der Waals surface area contributed by atoms with E-state index in [2.05, 4.69) is 31.7 Å². The minimum atomic E-state index is -0.0968. The number of fused-ring (bicyclic) bond motifs is 4. The number of Topliss-reactive ketones (excluding diaryl/α,β-unsaturated/α-hetero) is 1. The maximum atomic E-state index is 13.1. The summed E-state index contributed by atoms with van der Waals surface area (Å²) in [6, 6.07) is 8.32. The second-order valence-electron chi connectivity index (χ2n) is 6.51. The van der Waals surface area contributed by atoms with E-state index in [1.165, 1.54) is 11.1 Å². The lowest BCUT2D eigenvalue weighted by Crippen LogP contribution is -2.31. The Bertz CT molecular complexity index is 975. The van der Waals surface area contributed by atoms with Crippen molar-refractivity contribution in [3.8, 4) is 11.3 Å². The fourth-order valence-electron chi connectivity index (χ4n) is 4.12. The maximum absolute atomic E-state index is 13.1. The fourth-order valence-corrected chi connectivity index (χ4v) is 4.12. The predicted molar refractivity (Wildman–Crippen MR) is 88.7 cm³/mol. The Morgan fingerprint density at radius 3 is 2.96 bits per heavy atom. The molecule has 5 rings (SSSR count). The summed E-state index contributed by atoms with van der Waals surface area (Å²) in [5.74, 6) is 0.779. The van der Waals surface area contributed by atoms with Crippen LogP contribution >= 0.6 is 0 Å². The van der Waals surface area contributed by atoms with Crippen molar-refractivity contribution in [2.45, 2.75) is 25.8 Å². The van der Waals surface area contributed by atoms with Crippen LogP contribution in [0.3, 0.4) is 0 Å². The average Bonchev–Trinajstić information content (AvgIpc) is 3.16. The summed E-state index contributed by atoms with van der Waals surface area (Å²) in [6.45, 7) is 1.86. The first-order valence-electron chi connectivity index (χ1n) is 8.22. The van der Waals surface area contributed by atoms with Gasteiger partial charge in [-0.25, -0.2) is 15.0 Å². The van der Waals surface area contributed by atoms with Crippen LogP contribution in [0.4, 0.5) is 0 Å². The van der Waals surface area contributed by atoms with E-state index in [9.17, 15) is 4.79 Å². The third kappa shape index (κ3) is 1.75. The zero-order valence-corrected chi connectivity index (χ0v) is 13.3. The minimum absolute atomic E-state index is 0.0145. The standard InChI is InChI=1S/C19H16N4O/c1-11-21-8-15-16(22-11)7-6-14(19(15)24)18-13-5-3-2-4-12(13)17-9-20-10-23(17)18/h2-5,8-10,14,18H,6-7H2,1H3/t14-,18+/m0/s1. The lowest BCUT2D eigenvalue weighted by molar-refractivity contribution is 0.0869. The van der Waals surface area contributed by atoms with E-state index in [4.69, 9.17) is 0 Å². The van der Waals surface area contributed by atoms with Gasteiger partial charge in [-0.15, -0.1) is 0 Å². The molecule has 0 unspecified atom stereocenters. The molecule has 0 saturated heterocycles. The number of nitrogens with zero attached hydrogens (tertiary/aromatic N) is 4. The molecule has 0 radical (unpaired) electrons. The van der Waals surface area contributed by atoms with E-state index in [0.29, 0.717) is 5.56 Å². The molecule has 0 amide bonds. The second kappa shape index (κ2) is 4.84. The average molecular weight is 316 g/mol. The summed E-state index contributed by atoms with van der Waals surface area (Å²) < 4.78 is 2.15. The molecule has 0 N–H and O–H groups in total. The van der Waals surface area contributed by atoms with Crippen molar-refractivity contribution in [3.05, 3.63) is 65.6 Å². The fraction of sp³-hybridized carbons (Fsp3) is 0.263. The Hall–Kier alpha value is -2.82. The SMILES string of the molecule is Cc1ncc2c(n1)CC[C@@H]([C@H]1c3ccccc3-c3cncn31)C2=O. The molecule has 0 bridgehead atoms. The highest BCUT2D eigenvalue weighted by molar-refractivity contribution is 6.00. The van der Waals surface area contributed by atoms with Gasteiger partial charge in [0, 0.05) is 17.7 Å². The number of aromatic nitrogens is 4. The molecule has 0 fully saturated rings. The van der Waals surface area contributed by atoms with Crippen LogP contribution in [0.25, 0.3) is 11.3 Å². The molecular formula is C19H16N4O. The highest BCUT2D eigenvalue weighted by Crippen LogP contribution is 2.45. The normalized spacial score (nSPS) is 21.3. The van der Waals surface area contributed by atoms with E-state index >= 15 is 0 Å². The first-order valence-corrected chi connectivity index (χ1v) is 8.22. The zero-order valence-electron chi connectivity index (χ0n) is 13.3. The number of hydrogen-bond donors (Lipinski definition) is 0. The minimum Gasteiger partial charge on any atom is -0.322 e. The first-order chi connectivity index (χ1) is 11.7. The summed E-state index contributed by atoms with van der Waals surface area (Å²) in [4.78, 5) is 26.1. The van der Waals surface area contributed by atoms with Gasteiger partial charge in [-0.05, 0) is 25.3 Å². The van der Waals surface area contributed by atoms with Crippen molar-refractivity contribution in [2.75, 3.05) is 0 Å². The zero-order chi connectivity index (χ0) is 16.3. The van der Waals surface area contributed by atoms with Gasteiger partial charge in [0.25, 0.3) is 0 Å². The van der Waals surface area contributed by atoms with E-state index in [1.807, 2.05) is 31.6 Å². The van der Waals surface area contributed by atoms with Crippen LogP contribution in [0.2, 0.25) is 0 Å². The van der Waals surface area contributed by atoms with Gasteiger partial charge in [-0.2, -0.15) is 0 Å². The van der Waals surface area contributed by atoms with Crippen LogP contribution in [0.15, 0.2) is 43.0 Å². The van der Waals surface area contributed by atoms with Crippen LogP contribution in [0.5, 0.6) is 0 Å². The molecule has 5 heteroatoms. The van der Waals surface area contributed by atoms with Gasteiger partial charge in [0.1, 0.15) is 5.82 Å². The molecule has 3 heterocycles. The van der Waals surface area contributed by atoms with E-state index in [1.54, 1.807) is 6.20 Å². The van der Waals surface area contributed by atoms with Gasteiger partial charge in [0.15, 0.2) is 5.78 Å².